The maximum Gasteiger partial charge on any atom is 0.266 e. The van der Waals surface area contributed by atoms with Crippen LogP contribution in [0.2, 0.25) is 0 Å². The van der Waals surface area contributed by atoms with Gasteiger partial charge in [-0.2, -0.15) is 10.2 Å². The van der Waals surface area contributed by atoms with E-state index in [1.165, 1.54) is 6.26 Å². The molecule has 2 aromatic heterocycles. The molecule has 0 bridgehead atoms. The zero-order valence-corrected chi connectivity index (χ0v) is 20.6. The van der Waals surface area contributed by atoms with Crippen molar-refractivity contribution in [2.45, 2.75) is 26.8 Å². The summed E-state index contributed by atoms with van der Waals surface area (Å²) < 4.78 is 16.6. The third kappa shape index (κ3) is 5.35. The molecule has 36 heavy (non-hydrogen) atoms. The van der Waals surface area contributed by atoms with Gasteiger partial charge < -0.3 is 28.7 Å². The van der Waals surface area contributed by atoms with Gasteiger partial charge in [0.15, 0.2) is 5.76 Å². The SMILES string of the molecule is CCOc1ccc(C(=O)NC(C(=O)N2CCN(c3oc(-c4ccco4)nc3C#N)CC2)C(C)C)cc1. The van der Waals surface area contributed by atoms with Gasteiger partial charge in [0.05, 0.1) is 12.9 Å². The van der Waals surface area contributed by atoms with Crippen LogP contribution in [0, 0.1) is 17.2 Å². The summed E-state index contributed by atoms with van der Waals surface area (Å²) in [4.78, 5) is 34.0. The van der Waals surface area contributed by atoms with Crippen LogP contribution in [0.15, 0.2) is 51.5 Å². The van der Waals surface area contributed by atoms with E-state index in [0.29, 0.717) is 55.7 Å². The van der Waals surface area contributed by atoms with E-state index in [1.807, 2.05) is 25.7 Å². The summed E-state index contributed by atoms with van der Waals surface area (Å²) in [7, 11) is 0. The first kappa shape index (κ1) is 24.9. The van der Waals surface area contributed by atoms with Crippen LogP contribution in [0.4, 0.5) is 5.88 Å². The Morgan fingerprint density at radius 2 is 1.89 bits per heavy atom. The summed E-state index contributed by atoms with van der Waals surface area (Å²) in [6, 6.07) is 11.7. The largest absolute Gasteiger partial charge is 0.494 e. The molecule has 188 valence electrons. The molecule has 0 saturated carbocycles. The van der Waals surface area contributed by atoms with E-state index in [2.05, 4.69) is 16.4 Å². The number of amides is 2. The fourth-order valence-corrected chi connectivity index (χ4v) is 4.04. The minimum atomic E-state index is -0.666. The van der Waals surface area contributed by atoms with Crippen molar-refractivity contribution in [3.63, 3.8) is 0 Å². The van der Waals surface area contributed by atoms with E-state index < -0.39 is 6.04 Å². The highest BCUT2D eigenvalue weighted by Crippen LogP contribution is 2.29. The van der Waals surface area contributed by atoms with E-state index in [-0.39, 0.29) is 29.3 Å². The number of anilines is 1. The van der Waals surface area contributed by atoms with Crippen LogP contribution in [-0.2, 0) is 4.79 Å². The standard InChI is InChI=1S/C26H29N5O5/c1-4-34-19-9-7-18(8-10-19)23(32)29-22(17(2)3)25(33)30-11-13-31(14-12-30)26-20(16-27)28-24(36-26)21-6-5-15-35-21/h5-10,15,17,22H,4,11-14H2,1-3H3,(H,29,32). The predicted octanol–water partition coefficient (Wildman–Crippen LogP) is 3.31. The predicted molar refractivity (Wildman–Crippen MR) is 131 cm³/mol. The number of piperazine rings is 1. The van der Waals surface area contributed by atoms with Crippen LogP contribution in [-0.4, -0.2) is 60.5 Å². The van der Waals surface area contributed by atoms with Gasteiger partial charge in [-0.3, -0.25) is 9.59 Å². The number of carbonyl (C=O) groups excluding carboxylic acids is 2. The van der Waals surface area contributed by atoms with Crippen molar-refractivity contribution in [2.75, 3.05) is 37.7 Å². The molecule has 3 aromatic rings. The molecule has 1 aliphatic rings. The molecule has 1 aromatic carbocycles. The van der Waals surface area contributed by atoms with Crippen LogP contribution >= 0.6 is 0 Å². The summed E-state index contributed by atoms with van der Waals surface area (Å²) in [5.74, 6) is 1.17. The van der Waals surface area contributed by atoms with Crippen molar-refractivity contribution in [1.29, 1.82) is 5.26 Å². The second-order valence-corrected chi connectivity index (χ2v) is 8.73. The molecular formula is C26H29N5O5. The number of nitrogens with zero attached hydrogens (tertiary/aromatic N) is 4. The highest BCUT2D eigenvalue weighted by molar-refractivity contribution is 5.97. The Hall–Kier alpha value is -4.26. The lowest BCUT2D eigenvalue weighted by molar-refractivity contribution is -0.134. The van der Waals surface area contributed by atoms with Crippen molar-refractivity contribution < 1.29 is 23.2 Å². The zero-order valence-electron chi connectivity index (χ0n) is 20.6. The van der Waals surface area contributed by atoms with Crippen LogP contribution in [0.3, 0.4) is 0 Å². The molecule has 1 atom stereocenters. The van der Waals surface area contributed by atoms with Crippen molar-refractivity contribution in [3.8, 4) is 23.5 Å². The molecule has 1 aliphatic heterocycles. The van der Waals surface area contributed by atoms with Crippen LogP contribution in [0.25, 0.3) is 11.7 Å². The van der Waals surface area contributed by atoms with Crippen molar-refractivity contribution >= 4 is 17.7 Å². The Balaban J connectivity index is 1.39. The summed E-state index contributed by atoms with van der Waals surface area (Å²) >= 11 is 0. The fraction of sp³-hybridized carbons (Fsp3) is 0.385. The molecular weight excluding hydrogens is 462 g/mol. The van der Waals surface area contributed by atoms with Crippen molar-refractivity contribution in [2.24, 2.45) is 5.92 Å². The zero-order chi connectivity index (χ0) is 25.7. The number of oxazole rings is 1. The molecule has 0 aliphatic carbocycles. The third-order valence-corrected chi connectivity index (χ3v) is 5.97. The van der Waals surface area contributed by atoms with E-state index >= 15 is 0 Å². The van der Waals surface area contributed by atoms with Crippen LogP contribution in [0.1, 0.15) is 36.8 Å². The Morgan fingerprint density at radius 1 is 1.17 bits per heavy atom. The Morgan fingerprint density at radius 3 is 2.47 bits per heavy atom. The van der Waals surface area contributed by atoms with Gasteiger partial charge >= 0.3 is 0 Å². The van der Waals surface area contributed by atoms with Gasteiger partial charge in [-0.25, -0.2) is 0 Å². The highest BCUT2D eigenvalue weighted by atomic mass is 16.5. The first-order valence-corrected chi connectivity index (χ1v) is 11.9. The number of benzene rings is 1. The minimum Gasteiger partial charge on any atom is -0.494 e. The van der Waals surface area contributed by atoms with Gasteiger partial charge in [-0.15, -0.1) is 0 Å². The third-order valence-electron chi connectivity index (χ3n) is 5.97. The molecule has 1 fully saturated rings. The Kier molecular flexibility index (Phi) is 7.59. The molecule has 1 unspecified atom stereocenters. The summed E-state index contributed by atoms with van der Waals surface area (Å²) in [5, 5.41) is 12.4. The molecule has 1 N–H and O–H groups in total. The van der Waals surface area contributed by atoms with E-state index in [0.717, 1.165) is 0 Å². The van der Waals surface area contributed by atoms with Crippen LogP contribution < -0.4 is 15.0 Å². The first-order chi connectivity index (χ1) is 17.4. The number of hydrogen-bond acceptors (Lipinski definition) is 8. The average Bonchev–Trinajstić information content (AvgIpc) is 3.57. The Labute approximate surface area is 209 Å². The molecule has 1 saturated heterocycles. The van der Waals surface area contributed by atoms with E-state index in [9.17, 15) is 14.9 Å². The average molecular weight is 492 g/mol. The van der Waals surface area contributed by atoms with Gasteiger partial charge in [-0.1, -0.05) is 13.8 Å². The van der Waals surface area contributed by atoms with Gasteiger partial charge in [0.25, 0.3) is 11.8 Å². The number of carbonyl (C=O) groups is 2. The number of nitrogens with one attached hydrogen (secondary N) is 1. The second-order valence-electron chi connectivity index (χ2n) is 8.73. The van der Waals surface area contributed by atoms with Crippen molar-refractivity contribution in [3.05, 3.63) is 53.9 Å². The number of aromatic nitrogens is 1. The molecule has 2 amide bonds. The number of furan rings is 1. The fourth-order valence-electron chi connectivity index (χ4n) is 4.04. The minimum absolute atomic E-state index is 0.0995. The Bertz CT molecular complexity index is 1220. The topological polar surface area (TPSA) is 125 Å². The summed E-state index contributed by atoms with van der Waals surface area (Å²) in [6.45, 7) is 8.01. The normalized spacial score (nSPS) is 14.4. The molecule has 10 heteroatoms. The number of ether oxygens (including phenoxy) is 1. The molecule has 4 rings (SSSR count). The van der Waals surface area contributed by atoms with E-state index in [4.69, 9.17) is 13.6 Å². The molecule has 10 nitrogen and oxygen atoms in total. The quantitative estimate of drug-likeness (QED) is 0.509. The number of nitriles is 1. The van der Waals surface area contributed by atoms with Crippen molar-refractivity contribution in [1.82, 2.24) is 15.2 Å². The first-order valence-electron chi connectivity index (χ1n) is 11.9. The van der Waals surface area contributed by atoms with Gasteiger partial charge in [-0.05, 0) is 49.2 Å². The molecule has 0 spiro atoms. The van der Waals surface area contributed by atoms with Gasteiger partial charge in [0.1, 0.15) is 17.9 Å². The summed E-state index contributed by atoms with van der Waals surface area (Å²) in [5.41, 5.74) is 0.632. The summed E-state index contributed by atoms with van der Waals surface area (Å²) in [6.07, 6.45) is 1.51. The number of hydrogen-bond donors (Lipinski definition) is 1. The monoisotopic (exact) mass is 491 g/mol. The van der Waals surface area contributed by atoms with Crippen LogP contribution in [0.5, 0.6) is 5.75 Å². The lowest BCUT2D eigenvalue weighted by Gasteiger charge is -2.37. The smallest absolute Gasteiger partial charge is 0.266 e. The van der Waals surface area contributed by atoms with E-state index in [1.54, 1.807) is 41.3 Å². The van der Waals surface area contributed by atoms with Gasteiger partial charge in [0.2, 0.25) is 17.5 Å². The number of rotatable bonds is 8. The highest BCUT2D eigenvalue weighted by Gasteiger charge is 2.32. The second kappa shape index (κ2) is 11.0. The molecule has 0 radical (unpaired) electrons. The maximum atomic E-state index is 13.3. The van der Waals surface area contributed by atoms with Gasteiger partial charge in [0, 0.05) is 31.7 Å². The molecule has 3 heterocycles. The lowest BCUT2D eigenvalue weighted by atomic mass is 10.0. The lowest BCUT2D eigenvalue weighted by Crippen LogP contribution is -2.56. The maximum absolute atomic E-state index is 13.3.